The van der Waals surface area contributed by atoms with Crippen LogP contribution in [0.5, 0.6) is 0 Å². The minimum Gasteiger partial charge on any atom is -0.461 e. The molecule has 0 saturated carbocycles. The van der Waals surface area contributed by atoms with E-state index in [2.05, 4.69) is 15.2 Å². The van der Waals surface area contributed by atoms with Crippen molar-refractivity contribution in [1.82, 2.24) is 9.88 Å². The van der Waals surface area contributed by atoms with Crippen molar-refractivity contribution in [2.24, 2.45) is 0 Å². The Hall–Kier alpha value is -2.15. The zero-order chi connectivity index (χ0) is 17.5. The van der Waals surface area contributed by atoms with Crippen LogP contribution in [-0.2, 0) is 9.47 Å². The number of hydrogen-bond donors (Lipinski definition) is 1. The summed E-state index contributed by atoms with van der Waals surface area (Å²) in [6.07, 6.45) is 1.63. The van der Waals surface area contributed by atoms with Crippen LogP contribution in [0.15, 0.2) is 42.6 Å². The molecule has 2 heterocycles. The zero-order valence-corrected chi connectivity index (χ0v) is 14.5. The van der Waals surface area contributed by atoms with E-state index in [1.165, 1.54) is 0 Å². The van der Waals surface area contributed by atoms with Gasteiger partial charge in [-0.05, 0) is 36.4 Å². The summed E-state index contributed by atoms with van der Waals surface area (Å²) in [5.41, 5.74) is 1.20. The second-order valence-electron chi connectivity index (χ2n) is 5.62. The molecule has 1 aliphatic heterocycles. The Labute approximate surface area is 151 Å². The Kier molecular flexibility index (Phi) is 6.22. The first-order valence-corrected chi connectivity index (χ1v) is 8.55. The van der Waals surface area contributed by atoms with Crippen molar-refractivity contribution in [3.05, 3.63) is 53.2 Å². The first-order chi connectivity index (χ1) is 12.2. The maximum Gasteiger partial charge on any atom is 0.341 e. The normalized spacial score (nSPS) is 14.9. The van der Waals surface area contributed by atoms with Gasteiger partial charge in [0.25, 0.3) is 0 Å². The molecule has 6 nitrogen and oxygen atoms in total. The number of morpholine rings is 1. The van der Waals surface area contributed by atoms with Gasteiger partial charge >= 0.3 is 5.97 Å². The second-order valence-corrected chi connectivity index (χ2v) is 6.06. The van der Waals surface area contributed by atoms with Gasteiger partial charge in [-0.2, -0.15) is 0 Å². The number of nitrogens with one attached hydrogen (secondary N) is 1. The average Bonchev–Trinajstić information content (AvgIpc) is 2.65. The Morgan fingerprint density at radius 2 is 2.00 bits per heavy atom. The van der Waals surface area contributed by atoms with Gasteiger partial charge in [-0.15, -0.1) is 0 Å². The van der Waals surface area contributed by atoms with E-state index in [9.17, 15) is 4.79 Å². The highest BCUT2D eigenvalue weighted by Crippen LogP contribution is 2.21. The lowest BCUT2D eigenvalue weighted by Gasteiger charge is -2.26. The molecule has 0 aliphatic carbocycles. The largest absolute Gasteiger partial charge is 0.461 e. The van der Waals surface area contributed by atoms with E-state index in [1.807, 2.05) is 12.1 Å². The van der Waals surface area contributed by atoms with E-state index in [0.29, 0.717) is 29.6 Å². The quantitative estimate of drug-likeness (QED) is 0.798. The molecule has 132 valence electrons. The lowest BCUT2D eigenvalue weighted by molar-refractivity contribution is 0.0196. The minimum absolute atomic E-state index is 0.341. The van der Waals surface area contributed by atoms with Gasteiger partial charge in [0.15, 0.2) is 0 Å². The number of pyridine rings is 1. The maximum atomic E-state index is 12.4. The van der Waals surface area contributed by atoms with Crippen molar-refractivity contribution in [3.63, 3.8) is 0 Å². The molecule has 1 aliphatic rings. The Balaban J connectivity index is 1.59. The third kappa shape index (κ3) is 5.16. The molecule has 2 aromatic rings. The first kappa shape index (κ1) is 17.7. The van der Waals surface area contributed by atoms with Crippen LogP contribution in [-0.4, -0.2) is 55.3 Å². The molecule has 3 rings (SSSR count). The van der Waals surface area contributed by atoms with E-state index in [4.69, 9.17) is 21.1 Å². The Morgan fingerprint density at radius 1 is 1.24 bits per heavy atom. The van der Waals surface area contributed by atoms with Gasteiger partial charge in [0.05, 0.1) is 13.2 Å². The summed E-state index contributed by atoms with van der Waals surface area (Å²) in [6.45, 7) is 4.24. The molecule has 0 atom stereocenters. The molecule has 25 heavy (non-hydrogen) atoms. The Bertz CT molecular complexity index is 703. The number of carbonyl (C=O) groups is 1. The number of anilines is 2. The van der Waals surface area contributed by atoms with Crippen LogP contribution in [0.4, 0.5) is 11.5 Å². The van der Waals surface area contributed by atoms with Crippen molar-refractivity contribution in [1.29, 1.82) is 0 Å². The van der Waals surface area contributed by atoms with Crippen molar-refractivity contribution in [2.75, 3.05) is 44.8 Å². The van der Waals surface area contributed by atoms with Crippen LogP contribution in [0.2, 0.25) is 5.02 Å². The van der Waals surface area contributed by atoms with Crippen molar-refractivity contribution in [3.8, 4) is 0 Å². The summed E-state index contributed by atoms with van der Waals surface area (Å²) in [6, 6.07) is 10.6. The fourth-order valence-corrected chi connectivity index (χ4v) is 2.64. The lowest BCUT2D eigenvalue weighted by atomic mass is 10.2. The van der Waals surface area contributed by atoms with E-state index in [-0.39, 0.29) is 0 Å². The molecule has 1 aromatic heterocycles. The number of ether oxygens (including phenoxy) is 2. The molecule has 0 spiro atoms. The van der Waals surface area contributed by atoms with Gasteiger partial charge in [-0.1, -0.05) is 11.6 Å². The summed E-state index contributed by atoms with van der Waals surface area (Å²) in [5.74, 6) is 0.0685. The molecule has 1 N–H and O–H groups in total. The fourth-order valence-electron chi connectivity index (χ4n) is 2.51. The lowest BCUT2D eigenvalue weighted by Crippen LogP contribution is -2.38. The molecule has 0 amide bonds. The van der Waals surface area contributed by atoms with E-state index in [1.54, 1.807) is 30.5 Å². The molecular formula is C18H20ClN3O3. The molecule has 1 saturated heterocycles. The number of nitrogens with zero attached hydrogens (tertiary/aromatic N) is 2. The topological polar surface area (TPSA) is 63.7 Å². The van der Waals surface area contributed by atoms with Crippen LogP contribution in [0.25, 0.3) is 0 Å². The molecule has 0 bridgehead atoms. The number of halogens is 1. The monoisotopic (exact) mass is 361 g/mol. The van der Waals surface area contributed by atoms with Crippen molar-refractivity contribution < 1.29 is 14.3 Å². The Morgan fingerprint density at radius 3 is 2.76 bits per heavy atom. The summed E-state index contributed by atoms with van der Waals surface area (Å²) in [5, 5.41) is 3.77. The van der Waals surface area contributed by atoms with E-state index < -0.39 is 5.97 Å². The highest BCUT2D eigenvalue weighted by atomic mass is 35.5. The van der Waals surface area contributed by atoms with Crippen LogP contribution in [0.1, 0.15) is 10.4 Å². The van der Waals surface area contributed by atoms with Gasteiger partial charge in [0.1, 0.15) is 18.0 Å². The fraction of sp³-hybridized carbons (Fsp3) is 0.333. The molecular weight excluding hydrogens is 342 g/mol. The number of rotatable bonds is 6. The SMILES string of the molecule is O=C(OCCN1CCOCC1)c1cccnc1Nc1ccc(Cl)cc1. The standard InChI is InChI=1S/C18H20ClN3O3/c19-14-3-5-15(6-4-14)21-17-16(2-1-7-20-17)18(23)25-13-10-22-8-11-24-12-9-22/h1-7H,8-13H2,(H,20,21). The number of carbonyl (C=O) groups excluding carboxylic acids is 1. The van der Waals surface area contributed by atoms with Crippen molar-refractivity contribution >= 4 is 29.1 Å². The van der Waals surface area contributed by atoms with Crippen LogP contribution < -0.4 is 5.32 Å². The molecule has 1 aromatic carbocycles. The molecule has 0 radical (unpaired) electrons. The first-order valence-electron chi connectivity index (χ1n) is 8.17. The summed E-state index contributed by atoms with van der Waals surface area (Å²) in [4.78, 5) is 18.8. The summed E-state index contributed by atoms with van der Waals surface area (Å²) >= 11 is 5.89. The van der Waals surface area contributed by atoms with Gasteiger partial charge in [-0.25, -0.2) is 9.78 Å². The van der Waals surface area contributed by atoms with Gasteiger partial charge in [0, 0.05) is 36.5 Å². The predicted molar refractivity (Wildman–Crippen MR) is 96.5 cm³/mol. The van der Waals surface area contributed by atoms with Crippen LogP contribution >= 0.6 is 11.6 Å². The highest BCUT2D eigenvalue weighted by Gasteiger charge is 2.15. The number of esters is 1. The third-order valence-corrected chi connectivity index (χ3v) is 4.13. The van der Waals surface area contributed by atoms with E-state index >= 15 is 0 Å². The number of hydrogen-bond acceptors (Lipinski definition) is 6. The highest BCUT2D eigenvalue weighted by molar-refractivity contribution is 6.30. The third-order valence-electron chi connectivity index (χ3n) is 3.88. The number of benzene rings is 1. The maximum absolute atomic E-state index is 12.4. The zero-order valence-electron chi connectivity index (χ0n) is 13.8. The summed E-state index contributed by atoms with van der Waals surface area (Å²) in [7, 11) is 0. The van der Waals surface area contributed by atoms with Crippen LogP contribution in [0, 0.1) is 0 Å². The average molecular weight is 362 g/mol. The number of aromatic nitrogens is 1. The molecule has 7 heteroatoms. The van der Waals surface area contributed by atoms with E-state index in [0.717, 1.165) is 32.0 Å². The second kappa shape index (κ2) is 8.80. The summed E-state index contributed by atoms with van der Waals surface area (Å²) < 4.78 is 10.7. The van der Waals surface area contributed by atoms with Gasteiger partial charge < -0.3 is 14.8 Å². The van der Waals surface area contributed by atoms with Gasteiger partial charge in [-0.3, -0.25) is 4.90 Å². The minimum atomic E-state index is -0.391. The van der Waals surface area contributed by atoms with Crippen LogP contribution in [0.3, 0.4) is 0 Å². The molecule has 0 unspecified atom stereocenters. The van der Waals surface area contributed by atoms with Crippen molar-refractivity contribution in [2.45, 2.75) is 0 Å². The predicted octanol–water partition coefficient (Wildman–Crippen LogP) is 2.97. The molecule has 1 fully saturated rings. The smallest absolute Gasteiger partial charge is 0.341 e. The van der Waals surface area contributed by atoms with Gasteiger partial charge in [0.2, 0.25) is 0 Å².